The fourth-order valence-corrected chi connectivity index (χ4v) is 3.07. The predicted molar refractivity (Wildman–Crippen MR) is 89.9 cm³/mol. The number of aryl methyl sites for hydroxylation is 1. The van der Waals surface area contributed by atoms with Crippen LogP contribution in [0.1, 0.15) is 39.5 Å². The van der Waals surface area contributed by atoms with Crippen LogP contribution in [-0.4, -0.2) is 40.4 Å². The van der Waals surface area contributed by atoms with Crippen molar-refractivity contribution < 1.29 is 0 Å². The molecule has 0 saturated carbocycles. The fourth-order valence-electron chi connectivity index (χ4n) is 2.62. The average molecular weight is 357 g/mol. The van der Waals surface area contributed by atoms with Gasteiger partial charge in [-0.25, -0.2) is 4.68 Å². The first kappa shape index (κ1) is 16.5. The minimum atomic E-state index is -0.0534. The first-order valence-electron chi connectivity index (χ1n) is 7.87. The molecule has 1 fully saturated rings. The van der Waals surface area contributed by atoms with Crippen molar-refractivity contribution in [2.24, 2.45) is 0 Å². The van der Waals surface area contributed by atoms with Gasteiger partial charge in [0.2, 0.25) is 0 Å². The van der Waals surface area contributed by atoms with Crippen LogP contribution in [0.3, 0.4) is 0 Å². The normalized spacial score (nSPS) is 17.1. The molecule has 1 aromatic rings. The van der Waals surface area contributed by atoms with Crippen LogP contribution < -0.4 is 10.9 Å². The van der Waals surface area contributed by atoms with Crippen LogP contribution in [0.5, 0.6) is 0 Å². The lowest BCUT2D eigenvalue weighted by molar-refractivity contribution is 0.269. The molecule has 0 amide bonds. The molecule has 21 heavy (non-hydrogen) atoms. The number of aromatic nitrogens is 2. The van der Waals surface area contributed by atoms with Gasteiger partial charge in [0.1, 0.15) is 4.47 Å². The average Bonchev–Trinajstić information content (AvgIpc) is 3.02. The molecular formula is C15H25BrN4O. The molecule has 5 nitrogen and oxygen atoms in total. The number of unbranched alkanes of at least 4 members (excludes halogenated alkanes) is 1. The van der Waals surface area contributed by atoms with Crippen LogP contribution in [0.4, 0.5) is 5.69 Å². The van der Waals surface area contributed by atoms with Gasteiger partial charge in [-0.05, 0) is 55.2 Å². The lowest BCUT2D eigenvalue weighted by Gasteiger charge is -2.24. The van der Waals surface area contributed by atoms with Crippen molar-refractivity contribution in [2.75, 3.05) is 25.0 Å². The standard InChI is InChI=1S/C15H25BrN4O/c1-3-4-9-20-15(21)14(16)13(11-18-20)17-10-12(2)19-7-5-6-8-19/h11-12,17H,3-10H2,1-2H3. The van der Waals surface area contributed by atoms with Gasteiger partial charge >= 0.3 is 0 Å². The second-order valence-electron chi connectivity index (χ2n) is 5.73. The Morgan fingerprint density at radius 3 is 2.81 bits per heavy atom. The topological polar surface area (TPSA) is 50.2 Å². The summed E-state index contributed by atoms with van der Waals surface area (Å²) >= 11 is 3.41. The van der Waals surface area contributed by atoms with Crippen molar-refractivity contribution in [3.8, 4) is 0 Å². The van der Waals surface area contributed by atoms with Gasteiger partial charge in [-0.1, -0.05) is 13.3 Å². The van der Waals surface area contributed by atoms with Crippen molar-refractivity contribution in [3.05, 3.63) is 21.0 Å². The molecule has 1 N–H and O–H groups in total. The van der Waals surface area contributed by atoms with Crippen LogP contribution in [0.15, 0.2) is 15.5 Å². The first-order valence-corrected chi connectivity index (χ1v) is 8.66. The number of nitrogens with one attached hydrogen (secondary N) is 1. The van der Waals surface area contributed by atoms with Crippen LogP contribution >= 0.6 is 15.9 Å². The molecule has 0 aliphatic carbocycles. The zero-order valence-electron chi connectivity index (χ0n) is 12.9. The van der Waals surface area contributed by atoms with E-state index in [1.54, 1.807) is 6.20 Å². The van der Waals surface area contributed by atoms with E-state index in [0.717, 1.165) is 25.1 Å². The third-order valence-corrected chi connectivity index (χ3v) is 4.83. The van der Waals surface area contributed by atoms with Gasteiger partial charge in [-0.2, -0.15) is 5.10 Å². The van der Waals surface area contributed by atoms with Gasteiger partial charge in [0.25, 0.3) is 5.56 Å². The molecule has 0 spiro atoms. The molecule has 1 aliphatic rings. The summed E-state index contributed by atoms with van der Waals surface area (Å²) in [6.45, 7) is 8.21. The maximum absolute atomic E-state index is 12.2. The zero-order valence-corrected chi connectivity index (χ0v) is 14.5. The van der Waals surface area contributed by atoms with Crippen LogP contribution in [0.25, 0.3) is 0 Å². The van der Waals surface area contributed by atoms with E-state index in [0.29, 0.717) is 17.1 Å². The number of nitrogens with zero attached hydrogens (tertiary/aromatic N) is 3. The molecule has 1 aromatic heterocycles. The maximum Gasteiger partial charge on any atom is 0.283 e. The molecule has 1 saturated heterocycles. The maximum atomic E-state index is 12.2. The monoisotopic (exact) mass is 356 g/mol. The van der Waals surface area contributed by atoms with Crippen molar-refractivity contribution in [2.45, 2.75) is 52.1 Å². The highest BCUT2D eigenvalue weighted by Gasteiger charge is 2.18. The Hall–Kier alpha value is -0.880. The molecule has 6 heteroatoms. The van der Waals surface area contributed by atoms with E-state index >= 15 is 0 Å². The second kappa shape index (κ2) is 7.94. The highest BCUT2D eigenvalue weighted by Crippen LogP contribution is 2.17. The summed E-state index contributed by atoms with van der Waals surface area (Å²) in [5, 5.41) is 7.60. The Kier molecular flexibility index (Phi) is 6.23. The van der Waals surface area contributed by atoms with Crippen LogP contribution in [-0.2, 0) is 6.54 Å². The Morgan fingerprint density at radius 1 is 1.43 bits per heavy atom. The van der Waals surface area contributed by atoms with E-state index in [-0.39, 0.29) is 5.56 Å². The fraction of sp³-hybridized carbons (Fsp3) is 0.733. The molecule has 0 bridgehead atoms. The summed E-state index contributed by atoms with van der Waals surface area (Å²) in [6, 6.07) is 0.474. The van der Waals surface area contributed by atoms with Crippen molar-refractivity contribution >= 4 is 21.6 Å². The lowest BCUT2D eigenvalue weighted by Crippen LogP contribution is -2.36. The zero-order chi connectivity index (χ0) is 15.2. The quantitative estimate of drug-likeness (QED) is 0.815. The van der Waals surface area contributed by atoms with Gasteiger partial charge in [-0.15, -0.1) is 0 Å². The van der Waals surface area contributed by atoms with Crippen molar-refractivity contribution in [1.82, 2.24) is 14.7 Å². The van der Waals surface area contributed by atoms with E-state index in [1.165, 1.54) is 30.6 Å². The van der Waals surface area contributed by atoms with E-state index in [4.69, 9.17) is 0 Å². The molecule has 2 rings (SSSR count). The van der Waals surface area contributed by atoms with Gasteiger partial charge in [0.15, 0.2) is 0 Å². The molecule has 0 radical (unpaired) electrons. The molecule has 1 unspecified atom stereocenters. The van der Waals surface area contributed by atoms with Crippen LogP contribution in [0, 0.1) is 0 Å². The Morgan fingerprint density at radius 2 is 2.14 bits per heavy atom. The van der Waals surface area contributed by atoms with E-state index < -0.39 is 0 Å². The molecule has 0 aromatic carbocycles. The number of rotatable bonds is 7. The summed E-state index contributed by atoms with van der Waals surface area (Å²) in [7, 11) is 0. The molecule has 1 aliphatic heterocycles. The summed E-state index contributed by atoms with van der Waals surface area (Å²) in [4.78, 5) is 14.7. The SMILES string of the molecule is CCCCn1ncc(NCC(C)N2CCCC2)c(Br)c1=O. The highest BCUT2D eigenvalue weighted by molar-refractivity contribution is 9.10. The van der Waals surface area contributed by atoms with Gasteiger partial charge in [0.05, 0.1) is 11.9 Å². The van der Waals surface area contributed by atoms with Gasteiger partial charge in [-0.3, -0.25) is 9.69 Å². The Labute approximate surface area is 134 Å². The number of hydrogen-bond acceptors (Lipinski definition) is 4. The van der Waals surface area contributed by atoms with Gasteiger partial charge in [0, 0.05) is 19.1 Å². The van der Waals surface area contributed by atoms with E-state index in [1.807, 2.05) is 0 Å². The number of hydrogen-bond donors (Lipinski definition) is 1. The third kappa shape index (κ3) is 4.30. The predicted octanol–water partition coefficient (Wildman–Crippen LogP) is 2.70. The molecule has 1 atom stereocenters. The first-order chi connectivity index (χ1) is 10.1. The minimum Gasteiger partial charge on any atom is -0.381 e. The Bertz CT molecular complexity index is 511. The molecule has 2 heterocycles. The highest BCUT2D eigenvalue weighted by atomic mass is 79.9. The Balaban J connectivity index is 1.97. The number of likely N-dealkylation sites (tertiary alicyclic amines) is 1. The summed E-state index contributed by atoms with van der Waals surface area (Å²) in [5.74, 6) is 0. The minimum absolute atomic E-state index is 0.0534. The largest absolute Gasteiger partial charge is 0.381 e. The second-order valence-corrected chi connectivity index (χ2v) is 6.52. The van der Waals surface area contributed by atoms with Gasteiger partial charge < -0.3 is 5.32 Å². The molecular weight excluding hydrogens is 332 g/mol. The summed E-state index contributed by atoms with van der Waals surface area (Å²) in [5.41, 5.74) is 0.737. The van der Waals surface area contributed by atoms with Crippen molar-refractivity contribution in [1.29, 1.82) is 0 Å². The number of anilines is 1. The summed E-state index contributed by atoms with van der Waals surface area (Å²) < 4.78 is 2.12. The summed E-state index contributed by atoms with van der Waals surface area (Å²) in [6.07, 6.45) is 6.36. The number of halogens is 1. The third-order valence-electron chi connectivity index (χ3n) is 4.06. The van der Waals surface area contributed by atoms with E-state index in [9.17, 15) is 4.79 Å². The molecule has 118 valence electrons. The van der Waals surface area contributed by atoms with Crippen LogP contribution in [0.2, 0.25) is 0 Å². The smallest absolute Gasteiger partial charge is 0.283 e. The lowest BCUT2D eigenvalue weighted by atomic mass is 10.3. The van der Waals surface area contributed by atoms with Crippen molar-refractivity contribution in [3.63, 3.8) is 0 Å². The van der Waals surface area contributed by atoms with E-state index in [2.05, 4.69) is 45.1 Å².